The lowest BCUT2D eigenvalue weighted by atomic mass is 9.43. The maximum atomic E-state index is 9.34. The Morgan fingerprint density at radius 1 is 1.05 bits per heavy atom. The highest BCUT2D eigenvalue weighted by atomic mass is 14.6. The van der Waals surface area contributed by atoms with Gasteiger partial charge >= 0.3 is 0 Å². The Bertz CT molecular complexity index is 498. The molecule has 0 aliphatic heterocycles. The average Bonchev–Trinajstić information content (AvgIpc) is 2.38. The van der Waals surface area contributed by atoms with Crippen LogP contribution in [-0.2, 0) is 0 Å². The van der Waals surface area contributed by atoms with E-state index in [4.69, 9.17) is 0 Å². The lowest BCUT2D eigenvalue weighted by Crippen LogP contribution is -2.51. The van der Waals surface area contributed by atoms with Crippen LogP contribution in [0.4, 0.5) is 0 Å². The van der Waals surface area contributed by atoms with Crippen LogP contribution >= 0.6 is 0 Å². The molecule has 5 rings (SSSR count). The molecule has 0 aromatic heterocycles. The van der Waals surface area contributed by atoms with E-state index in [1.54, 1.807) is 0 Å². The summed E-state index contributed by atoms with van der Waals surface area (Å²) >= 11 is 0. The molecular formula is C18H21N. The highest BCUT2D eigenvalue weighted by Crippen LogP contribution is 2.67. The molecule has 98 valence electrons. The Morgan fingerprint density at radius 3 is 2.37 bits per heavy atom. The molecule has 1 aromatic carbocycles. The lowest BCUT2D eigenvalue weighted by Gasteiger charge is -2.61. The van der Waals surface area contributed by atoms with E-state index in [-0.39, 0.29) is 0 Å². The number of nitrogens with zero attached hydrogens (tertiary/aromatic N) is 1. The second-order valence-corrected chi connectivity index (χ2v) is 7.19. The van der Waals surface area contributed by atoms with Gasteiger partial charge in [0, 0.05) is 6.42 Å². The summed E-state index contributed by atoms with van der Waals surface area (Å²) < 4.78 is 0. The SMILES string of the molecule is N#CCC12CC3CC(CC(C3)C1c1ccccc1)C2. The van der Waals surface area contributed by atoms with E-state index >= 15 is 0 Å². The average molecular weight is 251 g/mol. The highest BCUT2D eigenvalue weighted by Gasteiger charge is 2.56. The van der Waals surface area contributed by atoms with Gasteiger partial charge in [0.2, 0.25) is 0 Å². The molecule has 1 heteroatoms. The molecular weight excluding hydrogens is 230 g/mol. The monoisotopic (exact) mass is 251 g/mol. The van der Waals surface area contributed by atoms with Gasteiger partial charge in [-0.25, -0.2) is 0 Å². The lowest BCUT2D eigenvalue weighted by molar-refractivity contribution is -0.0728. The van der Waals surface area contributed by atoms with Crippen LogP contribution in [-0.4, -0.2) is 0 Å². The van der Waals surface area contributed by atoms with E-state index in [9.17, 15) is 5.26 Å². The van der Waals surface area contributed by atoms with Gasteiger partial charge in [-0.3, -0.25) is 0 Å². The van der Waals surface area contributed by atoms with Crippen LogP contribution in [0.3, 0.4) is 0 Å². The molecule has 1 nitrogen and oxygen atoms in total. The Hall–Kier alpha value is -1.29. The molecule has 1 aromatic rings. The third-order valence-electron chi connectivity index (χ3n) is 6.05. The topological polar surface area (TPSA) is 23.8 Å². The molecule has 3 unspecified atom stereocenters. The van der Waals surface area contributed by atoms with E-state index in [0.29, 0.717) is 11.3 Å². The predicted molar refractivity (Wildman–Crippen MR) is 75.4 cm³/mol. The second kappa shape index (κ2) is 4.10. The number of benzene rings is 1. The standard InChI is InChI=1S/C18H21N/c19-7-6-18-11-13-8-14(12-18)10-16(9-13)17(18)15-4-2-1-3-5-15/h1-5,13-14,16-17H,6,8-12H2. The first kappa shape index (κ1) is 11.5. The Morgan fingerprint density at radius 2 is 1.74 bits per heavy atom. The van der Waals surface area contributed by atoms with Crippen molar-refractivity contribution in [2.45, 2.75) is 44.4 Å². The van der Waals surface area contributed by atoms with E-state index in [1.807, 2.05) is 0 Å². The summed E-state index contributed by atoms with van der Waals surface area (Å²) in [7, 11) is 0. The first-order chi connectivity index (χ1) is 9.31. The predicted octanol–water partition coefficient (Wildman–Crippen LogP) is 4.51. The van der Waals surface area contributed by atoms with Crippen molar-refractivity contribution in [3.8, 4) is 6.07 Å². The summed E-state index contributed by atoms with van der Waals surface area (Å²) in [4.78, 5) is 0. The van der Waals surface area contributed by atoms with Gasteiger partial charge in [-0.2, -0.15) is 5.26 Å². The van der Waals surface area contributed by atoms with Crippen molar-refractivity contribution in [2.75, 3.05) is 0 Å². The first-order valence-electron chi connectivity index (χ1n) is 7.73. The van der Waals surface area contributed by atoms with E-state index < -0.39 is 0 Å². The normalized spacial score (nSPS) is 43.1. The summed E-state index contributed by atoms with van der Waals surface area (Å²) in [5.41, 5.74) is 1.81. The van der Waals surface area contributed by atoms with E-state index in [1.165, 1.54) is 37.7 Å². The van der Waals surface area contributed by atoms with Gasteiger partial charge in [-0.1, -0.05) is 30.3 Å². The summed E-state index contributed by atoms with van der Waals surface area (Å²) in [5, 5.41) is 9.34. The zero-order chi connectivity index (χ0) is 12.9. The van der Waals surface area contributed by atoms with Crippen molar-refractivity contribution in [3.63, 3.8) is 0 Å². The fourth-order valence-corrected chi connectivity index (χ4v) is 5.91. The Balaban J connectivity index is 1.78. The first-order valence-corrected chi connectivity index (χ1v) is 7.73. The van der Waals surface area contributed by atoms with Crippen molar-refractivity contribution in [2.24, 2.45) is 23.2 Å². The van der Waals surface area contributed by atoms with Crippen LogP contribution in [0.1, 0.15) is 50.0 Å². The molecule has 4 fully saturated rings. The van der Waals surface area contributed by atoms with Gasteiger partial charge in [-0.15, -0.1) is 0 Å². The molecule has 4 bridgehead atoms. The summed E-state index contributed by atoms with van der Waals surface area (Å²) in [6.45, 7) is 0. The fraction of sp³-hybridized carbons (Fsp3) is 0.611. The number of rotatable bonds is 2. The number of hydrogen-bond acceptors (Lipinski definition) is 1. The van der Waals surface area contributed by atoms with Crippen molar-refractivity contribution in [3.05, 3.63) is 35.9 Å². The minimum Gasteiger partial charge on any atom is -0.198 e. The summed E-state index contributed by atoms with van der Waals surface area (Å²) in [6, 6.07) is 13.6. The number of nitriles is 1. The maximum Gasteiger partial charge on any atom is 0.0627 e. The largest absolute Gasteiger partial charge is 0.198 e. The molecule has 19 heavy (non-hydrogen) atoms. The Labute approximate surface area is 115 Å². The van der Waals surface area contributed by atoms with Gasteiger partial charge in [0.25, 0.3) is 0 Å². The van der Waals surface area contributed by atoms with Crippen LogP contribution in [0.5, 0.6) is 0 Å². The van der Waals surface area contributed by atoms with Crippen LogP contribution in [0.2, 0.25) is 0 Å². The van der Waals surface area contributed by atoms with Crippen LogP contribution in [0.15, 0.2) is 30.3 Å². The molecule has 0 N–H and O–H groups in total. The molecule has 0 saturated heterocycles. The number of hydrogen-bond donors (Lipinski definition) is 0. The van der Waals surface area contributed by atoms with Gasteiger partial charge in [-0.05, 0) is 66.8 Å². The van der Waals surface area contributed by atoms with E-state index in [2.05, 4.69) is 36.4 Å². The van der Waals surface area contributed by atoms with Crippen molar-refractivity contribution in [1.82, 2.24) is 0 Å². The highest BCUT2D eigenvalue weighted by molar-refractivity contribution is 5.27. The summed E-state index contributed by atoms with van der Waals surface area (Å²) in [6.07, 6.45) is 7.69. The van der Waals surface area contributed by atoms with Gasteiger partial charge in [0.15, 0.2) is 0 Å². The minimum atomic E-state index is 0.310. The zero-order valence-electron chi connectivity index (χ0n) is 11.4. The van der Waals surface area contributed by atoms with Gasteiger partial charge < -0.3 is 0 Å². The van der Waals surface area contributed by atoms with E-state index in [0.717, 1.165) is 24.2 Å². The van der Waals surface area contributed by atoms with Gasteiger partial charge in [0.05, 0.1) is 6.07 Å². The third-order valence-corrected chi connectivity index (χ3v) is 6.05. The quantitative estimate of drug-likeness (QED) is 0.758. The minimum absolute atomic E-state index is 0.310. The Kier molecular flexibility index (Phi) is 2.49. The van der Waals surface area contributed by atoms with Crippen LogP contribution < -0.4 is 0 Å². The molecule has 4 aliphatic carbocycles. The van der Waals surface area contributed by atoms with Crippen molar-refractivity contribution >= 4 is 0 Å². The molecule has 4 aliphatic rings. The molecule has 4 saturated carbocycles. The fourth-order valence-electron chi connectivity index (χ4n) is 5.91. The van der Waals surface area contributed by atoms with Crippen LogP contribution in [0, 0.1) is 34.5 Å². The van der Waals surface area contributed by atoms with Crippen LogP contribution in [0.25, 0.3) is 0 Å². The summed E-state index contributed by atoms with van der Waals surface area (Å²) in [5.74, 6) is 3.35. The maximum absolute atomic E-state index is 9.34. The third kappa shape index (κ3) is 1.66. The van der Waals surface area contributed by atoms with Gasteiger partial charge in [0.1, 0.15) is 0 Å². The molecule has 0 amide bonds. The smallest absolute Gasteiger partial charge is 0.0627 e. The van der Waals surface area contributed by atoms with Crippen molar-refractivity contribution < 1.29 is 0 Å². The molecule has 0 spiro atoms. The molecule has 0 heterocycles. The zero-order valence-corrected chi connectivity index (χ0v) is 11.4. The molecule has 3 atom stereocenters. The van der Waals surface area contributed by atoms with Crippen molar-refractivity contribution in [1.29, 1.82) is 5.26 Å². The molecule has 0 radical (unpaired) electrons. The second-order valence-electron chi connectivity index (χ2n) is 7.19.